The summed E-state index contributed by atoms with van der Waals surface area (Å²) in [6.45, 7) is 2.53. The Labute approximate surface area is 178 Å². The van der Waals surface area contributed by atoms with Gasteiger partial charge in [-0.1, -0.05) is 12.1 Å². The van der Waals surface area contributed by atoms with Gasteiger partial charge in [-0.05, 0) is 41.6 Å². The Hall–Kier alpha value is -3.46. The first-order valence-electron chi connectivity index (χ1n) is 9.34. The first kappa shape index (κ1) is 19.8. The first-order chi connectivity index (χ1) is 14.3. The molecule has 0 spiro atoms. The second kappa shape index (κ2) is 7.75. The lowest BCUT2D eigenvalue weighted by Gasteiger charge is -2.26. The Bertz CT molecular complexity index is 1160. The number of likely N-dealkylation sites (N-methyl/N-ethyl adjacent to an activating group) is 1. The second-order valence-corrected chi connectivity index (χ2v) is 8.19. The Balaban J connectivity index is 1.67. The number of aliphatic imine (C=N–C) groups is 1. The van der Waals surface area contributed by atoms with Crippen LogP contribution in [0.3, 0.4) is 0 Å². The highest BCUT2D eigenvalue weighted by Gasteiger charge is 2.24. The van der Waals surface area contributed by atoms with Crippen LogP contribution in [0.4, 0.5) is 0 Å². The van der Waals surface area contributed by atoms with Crippen molar-refractivity contribution in [1.82, 2.24) is 20.0 Å². The van der Waals surface area contributed by atoms with E-state index in [0.29, 0.717) is 29.5 Å². The van der Waals surface area contributed by atoms with Gasteiger partial charge in [-0.25, -0.2) is 4.99 Å². The van der Waals surface area contributed by atoms with Gasteiger partial charge in [-0.2, -0.15) is 0 Å². The fourth-order valence-electron chi connectivity index (χ4n) is 3.10. The molecule has 0 fully saturated rings. The zero-order valence-corrected chi connectivity index (χ0v) is 18.0. The van der Waals surface area contributed by atoms with Crippen LogP contribution in [0.5, 0.6) is 0 Å². The van der Waals surface area contributed by atoms with Crippen molar-refractivity contribution in [2.24, 2.45) is 10.7 Å². The molecule has 2 N–H and O–H groups in total. The molecule has 0 aliphatic carbocycles. The molecule has 9 heteroatoms. The van der Waals surface area contributed by atoms with E-state index in [4.69, 9.17) is 15.1 Å². The van der Waals surface area contributed by atoms with Gasteiger partial charge in [0.2, 0.25) is 0 Å². The number of aryl methyl sites for hydroxylation is 1. The van der Waals surface area contributed by atoms with Crippen molar-refractivity contribution in [2.75, 3.05) is 27.7 Å². The third-order valence-corrected chi connectivity index (χ3v) is 5.85. The van der Waals surface area contributed by atoms with E-state index in [1.165, 1.54) is 0 Å². The highest BCUT2D eigenvalue weighted by molar-refractivity contribution is 7.13. The normalized spacial score (nSPS) is 14.1. The number of nitrogens with zero attached hydrogens (tertiary/aromatic N) is 5. The molecule has 3 heterocycles. The summed E-state index contributed by atoms with van der Waals surface area (Å²) in [4.78, 5) is 21.2. The predicted octanol–water partition coefficient (Wildman–Crippen LogP) is 2.83. The molecule has 0 atom stereocenters. The zero-order valence-electron chi connectivity index (χ0n) is 17.2. The fraction of sp³-hybridized carbons (Fsp3) is 0.238. The maximum Gasteiger partial charge on any atom is 0.270 e. The van der Waals surface area contributed by atoms with Crippen LogP contribution in [0, 0.1) is 6.92 Å². The van der Waals surface area contributed by atoms with E-state index in [0.717, 1.165) is 21.7 Å². The molecule has 8 nitrogen and oxygen atoms in total. The summed E-state index contributed by atoms with van der Waals surface area (Å²) in [5.74, 6) is 1.15. The lowest BCUT2D eigenvalue weighted by atomic mass is 10.1. The molecular weight excluding hydrogens is 400 g/mol. The highest BCUT2D eigenvalue weighted by atomic mass is 32.1. The number of hydrogen-bond acceptors (Lipinski definition) is 8. The van der Waals surface area contributed by atoms with Crippen molar-refractivity contribution in [3.63, 3.8) is 0 Å². The van der Waals surface area contributed by atoms with Crippen LogP contribution < -0.4 is 5.73 Å². The average molecular weight is 423 g/mol. The van der Waals surface area contributed by atoms with E-state index in [9.17, 15) is 4.79 Å². The van der Waals surface area contributed by atoms with Gasteiger partial charge in [0, 0.05) is 26.7 Å². The molecule has 1 aliphatic rings. The predicted molar refractivity (Wildman–Crippen MR) is 117 cm³/mol. The van der Waals surface area contributed by atoms with Gasteiger partial charge in [-0.3, -0.25) is 4.79 Å². The maximum absolute atomic E-state index is 12.1. The van der Waals surface area contributed by atoms with Crippen molar-refractivity contribution in [3.05, 3.63) is 64.1 Å². The minimum Gasteiger partial charge on any atom is -0.414 e. The van der Waals surface area contributed by atoms with Crippen molar-refractivity contribution in [3.8, 4) is 10.8 Å². The van der Waals surface area contributed by atoms with E-state index in [1.807, 2.05) is 42.5 Å². The lowest BCUT2D eigenvalue weighted by molar-refractivity contribution is 0.0827. The number of carbonyl (C=O) groups is 1. The number of hydrogen-bond donors (Lipinski definition) is 1. The van der Waals surface area contributed by atoms with Gasteiger partial charge in [-0.15, -0.1) is 21.5 Å². The van der Waals surface area contributed by atoms with Crippen molar-refractivity contribution in [2.45, 2.75) is 6.92 Å². The Morgan fingerprint density at radius 1 is 1.17 bits per heavy atom. The van der Waals surface area contributed by atoms with E-state index in [1.54, 1.807) is 42.5 Å². The molecule has 0 saturated carbocycles. The fourth-order valence-corrected chi connectivity index (χ4v) is 3.94. The summed E-state index contributed by atoms with van der Waals surface area (Å²) in [5, 5.41) is 10.3. The van der Waals surface area contributed by atoms with Gasteiger partial charge in [0.25, 0.3) is 17.7 Å². The maximum atomic E-state index is 12.1. The van der Waals surface area contributed by atoms with Gasteiger partial charge >= 0.3 is 0 Å². The number of thiophene rings is 1. The standard InChI is InChI=1S/C21H22N6O2S/c1-12-9-10-30-17(12)20-25-24-19(29-20)16-18(22)27(4)11-15(23-16)13-5-7-14(8-6-13)21(28)26(2)3/h5-10H,11,22H2,1-4H3. The second-order valence-electron chi connectivity index (χ2n) is 7.27. The molecule has 30 heavy (non-hydrogen) atoms. The number of nitrogens with two attached hydrogens (primary N) is 1. The zero-order chi connectivity index (χ0) is 21.4. The van der Waals surface area contributed by atoms with Crippen LogP contribution >= 0.6 is 11.3 Å². The molecule has 4 rings (SSSR count). The van der Waals surface area contributed by atoms with Crippen LogP contribution in [0.1, 0.15) is 27.4 Å². The van der Waals surface area contributed by atoms with E-state index < -0.39 is 0 Å². The summed E-state index contributed by atoms with van der Waals surface area (Å²) < 4.78 is 5.89. The molecule has 1 aromatic carbocycles. The molecule has 0 unspecified atom stereocenters. The largest absolute Gasteiger partial charge is 0.414 e. The van der Waals surface area contributed by atoms with Crippen LogP contribution in [0.2, 0.25) is 0 Å². The molecule has 154 valence electrons. The number of benzene rings is 1. The van der Waals surface area contributed by atoms with Crippen molar-refractivity contribution in [1.29, 1.82) is 0 Å². The number of amides is 1. The lowest BCUT2D eigenvalue weighted by Crippen LogP contribution is -2.34. The summed E-state index contributed by atoms with van der Waals surface area (Å²) in [6.07, 6.45) is 0. The van der Waals surface area contributed by atoms with Crippen LogP contribution in [0.25, 0.3) is 16.5 Å². The average Bonchev–Trinajstić information content (AvgIpc) is 3.38. The van der Waals surface area contributed by atoms with Crippen molar-refractivity contribution < 1.29 is 9.21 Å². The molecule has 0 saturated heterocycles. The monoisotopic (exact) mass is 422 g/mol. The summed E-state index contributed by atoms with van der Waals surface area (Å²) >= 11 is 1.55. The Morgan fingerprint density at radius 2 is 1.87 bits per heavy atom. The van der Waals surface area contributed by atoms with Gasteiger partial charge in [0.15, 0.2) is 5.70 Å². The smallest absolute Gasteiger partial charge is 0.270 e. The first-order valence-corrected chi connectivity index (χ1v) is 10.2. The number of aromatic nitrogens is 2. The van der Waals surface area contributed by atoms with Gasteiger partial charge in [0.05, 0.1) is 17.1 Å². The SMILES string of the molecule is Cc1ccsc1-c1nnc(C2=C(N)N(C)CC(c3ccc(C(=O)N(C)C)cc3)=N2)o1. The summed E-state index contributed by atoms with van der Waals surface area (Å²) in [6, 6.07) is 9.37. The molecular formula is C21H22N6O2S. The van der Waals surface area contributed by atoms with Crippen LogP contribution in [-0.2, 0) is 0 Å². The van der Waals surface area contributed by atoms with Gasteiger partial charge < -0.3 is 20.0 Å². The van der Waals surface area contributed by atoms with E-state index in [-0.39, 0.29) is 11.8 Å². The number of carbonyl (C=O) groups excluding carboxylic acids is 1. The topological polar surface area (TPSA) is 101 Å². The Kier molecular flexibility index (Phi) is 5.13. The molecule has 1 amide bonds. The molecule has 0 bridgehead atoms. The molecule has 0 radical (unpaired) electrons. The summed E-state index contributed by atoms with van der Waals surface area (Å²) in [7, 11) is 5.34. The highest BCUT2D eigenvalue weighted by Crippen LogP contribution is 2.31. The minimum atomic E-state index is -0.0451. The third-order valence-electron chi connectivity index (χ3n) is 4.84. The number of rotatable bonds is 4. The Morgan fingerprint density at radius 3 is 2.50 bits per heavy atom. The van der Waals surface area contributed by atoms with E-state index >= 15 is 0 Å². The van der Waals surface area contributed by atoms with Crippen molar-refractivity contribution >= 4 is 28.7 Å². The summed E-state index contributed by atoms with van der Waals surface area (Å²) in [5.41, 5.74) is 10.1. The molecule has 3 aromatic rings. The minimum absolute atomic E-state index is 0.0451. The molecule has 2 aromatic heterocycles. The van der Waals surface area contributed by atoms with E-state index in [2.05, 4.69) is 10.2 Å². The molecule has 1 aliphatic heterocycles. The van der Waals surface area contributed by atoms with Crippen LogP contribution in [-0.4, -0.2) is 59.3 Å². The quantitative estimate of drug-likeness (QED) is 0.694. The van der Waals surface area contributed by atoms with Crippen LogP contribution in [0.15, 0.2) is 50.9 Å². The third kappa shape index (κ3) is 3.59. The van der Waals surface area contributed by atoms with Gasteiger partial charge in [0.1, 0.15) is 5.82 Å².